The van der Waals surface area contributed by atoms with Crippen LogP contribution in [-0.4, -0.2) is 13.1 Å². The standard InChI is InChI=1S/C15H31N/c1-5-6-9-14(16-4)15(12-13(2)3)10-7-8-11-15/h13-14,16H,5-12H2,1-4H3. The zero-order valence-electron chi connectivity index (χ0n) is 11.8. The minimum atomic E-state index is 0.623. The van der Waals surface area contributed by atoms with Gasteiger partial charge in [0.15, 0.2) is 0 Å². The van der Waals surface area contributed by atoms with Crippen LogP contribution in [0, 0.1) is 11.3 Å². The van der Waals surface area contributed by atoms with Crippen molar-refractivity contribution >= 4 is 0 Å². The molecule has 1 aliphatic carbocycles. The Bertz CT molecular complexity index is 180. The first kappa shape index (κ1) is 14.0. The molecule has 0 aliphatic heterocycles. The highest BCUT2D eigenvalue weighted by molar-refractivity contribution is 4.94. The molecule has 96 valence electrons. The first-order valence-electron chi connectivity index (χ1n) is 7.32. The van der Waals surface area contributed by atoms with Gasteiger partial charge in [-0.25, -0.2) is 0 Å². The first-order valence-corrected chi connectivity index (χ1v) is 7.32. The van der Waals surface area contributed by atoms with Gasteiger partial charge in [-0.15, -0.1) is 0 Å². The molecule has 1 nitrogen and oxygen atoms in total. The Morgan fingerprint density at radius 3 is 2.25 bits per heavy atom. The molecule has 0 saturated heterocycles. The molecular formula is C15H31N. The van der Waals surface area contributed by atoms with E-state index in [1.165, 1.54) is 51.4 Å². The molecule has 1 atom stereocenters. The van der Waals surface area contributed by atoms with Crippen molar-refractivity contribution in [3.05, 3.63) is 0 Å². The minimum Gasteiger partial charge on any atom is -0.316 e. The van der Waals surface area contributed by atoms with Crippen molar-refractivity contribution in [3.63, 3.8) is 0 Å². The van der Waals surface area contributed by atoms with Crippen LogP contribution in [0.4, 0.5) is 0 Å². The van der Waals surface area contributed by atoms with E-state index < -0.39 is 0 Å². The Morgan fingerprint density at radius 1 is 1.19 bits per heavy atom. The lowest BCUT2D eigenvalue weighted by atomic mass is 9.71. The minimum absolute atomic E-state index is 0.623. The molecule has 1 rings (SSSR count). The molecule has 0 amide bonds. The average Bonchev–Trinajstić information content (AvgIpc) is 2.67. The van der Waals surface area contributed by atoms with Crippen LogP contribution in [0.5, 0.6) is 0 Å². The smallest absolute Gasteiger partial charge is 0.0121 e. The van der Waals surface area contributed by atoms with Crippen LogP contribution in [0.15, 0.2) is 0 Å². The summed E-state index contributed by atoms with van der Waals surface area (Å²) in [5, 5.41) is 3.62. The third-order valence-corrected chi connectivity index (χ3v) is 4.35. The van der Waals surface area contributed by atoms with E-state index in [2.05, 4.69) is 33.1 Å². The number of unbranched alkanes of at least 4 members (excludes halogenated alkanes) is 1. The fourth-order valence-electron chi connectivity index (χ4n) is 3.75. The number of rotatable bonds is 7. The largest absolute Gasteiger partial charge is 0.316 e. The quantitative estimate of drug-likeness (QED) is 0.678. The fraction of sp³-hybridized carbons (Fsp3) is 1.00. The van der Waals surface area contributed by atoms with Gasteiger partial charge in [-0.3, -0.25) is 0 Å². The summed E-state index contributed by atoms with van der Waals surface area (Å²) in [5.74, 6) is 0.843. The van der Waals surface area contributed by atoms with E-state index in [0.717, 1.165) is 12.0 Å². The molecule has 0 aromatic rings. The molecular weight excluding hydrogens is 194 g/mol. The van der Waals surface area contributed by atoms with Crippen LogP contribution < -0.4 is 5.32 Å². The van der Waals surface area contributed by atoms with E-state index in [1.54, 1.807) is 0 Å². The average molecular weight is 225 g/mol. The van der Waals surface area contributed by atoms with Crippen molar-refractivity contribution < 1.29 is 0 Å². The predicted molar refractivity (Wildman–Crippen MR) is 72.7 cm³/mol. The Labute approximate surface area is 102 Å². The van der Waals surface area contributed by atoms with Gasteiger partial charge in [0.25, 0.3) is 0 Å². The van der Waals surface area contributed by atoms with Gasteiger partial charge >= 0.3 is 0 Å². The highest BCUT2D eigenvalue weighted by Crippen LogP contribution is 2.47. The highest BCUT2D eigenvalue weighted by Gasteiger charge is 2.40. The molecule has 0 radical (unpaired) electrons. The maximum absolute atomic E-state index is 3.62. The lowest BCUT2D eigenvalue weighted by molar-refractivity contribution is 0.151. The van der Waals surface area contributed by atoms with E-state index in [4.69, 9.17) is 0 Å². The van der Waals surface area contributed by atoms with Crippen molar-refractivity contribution in [1.29, 1.82) is 0 Å². The molecule has 0 bridgehead atoms. The Balaban J connectivity index is 2.65. The second kappa shape index (κ2) is 6.64. The second-order valence-corrected chi connectivity index (χ2v) is 6.15. The van der Waals surface area contributed by atoms with Crippen LogP contribution in [-0.2, 0) is 0 Å². The summed E-state index contributed by atoms with van der Waals surface area (Å²) in [7, 11) is 2.17. The van der Waals surface area contributed by atoms with E-state index in [1.807, 2.05) is 0 Å². The molecule has 0 heterocycles. The van der Waals surface area contributed by atoms with Gasteiger partial charge in [-0.1, -0.05) is 46.5 Å². The van der Waals surface area contributed by atoms with Crippen molar-refractivity contribution in [2.75, 3.05) is 7.05 Å². The van der Waals surface area contributed by atoms with E-state index >= 15 is 0 Å². The summed E-state index contributed by atoms with van der Waals surface area (Å²) < 4.78 is 0. The van der Waals surface area contributed by atoms with Gasteiger partial charge in [-0.2, -0.15) is 0 Å². The van der Waals surface area contributed by atoms with Gasteiger partial charge in [-0.05, 0) is 44.1 Å². The topological polar surface area (TPSA) is 12.0 Å². The molecule has 1 saturated carbocycles. The summed E-state index contributed by atoms with van der Waals surface area (Å²) in [6.07, 6.45) is 11.3. The third kappa shape index (κ3) is 3.48. The molecule has 0 aromatic heterocycles. The van der Waals surface area contributed by atoms with Crippen molar-refractivity contribution in [2.45, 2.75) is 78.2 Å². The van der Waals surface area contributed by atoms with Gasteiger partial charge in [0.2, 0.25) is 0 Å². The number of hydrogen-bond donors (Lipinski definition) is 1. The molecule has 0 aromatic carbocycles. The van der Waals surface area contributed by atoms with Crippen LogP contribution in [0.3, 0.4) is 0 Å². The SMILES string of the molecule is CCCCC(NC)C1(CC(C)C)CCCC1. The Hall–Kier alpha value is -0.0400. The molecule has 0 spiro atoms. The molecule has 1 unspecified atom stereocenters. The van der Waals surface area contributed by atoms with Crippen LogP contribution in [0.1, 0.15) is 72.1 Å². The first-order chi connectivity index (χ1) is 7.64. The van der Waals surface area contributed by atoms with Gasteiger partial charge < -0.3 is 5.32 Å². The van der Waals surface area contributed by atoms with E-state index in [9.17, 15) is 0 Å². The molecule has 1 fully saturated rings. The number of nitrogens with one attached hydrogen (secondary N) is 1. The summed E-state index contributed by atoms with van der Waals surface area (Å²) in [6.45, 7) is 7.07. The normalized spacial score (nSPS) is 21.6. The van der Waals surface area contributed by atoms with Gasteiger partial charge in [0.1, 0.15) is 0 Å². The van der Waals surface area contributed by atoms with Gasteiger partial charge in [0, 0.05) is 6.04 Å². The molecule has 1 N–H and O–H groups in total. The van der Waals surface area contributed by atoms with E-state index in [0.29, 0.717) is 5.41 Å². The molecule has 16 heavy (non-hydrogen) atoms. The molecule has 1 heteroatoms. The Kier molecular flexibility index (Phi) is 5.82. The predicted octanol–water partition coefficient (Wildman–Crippen LogP) is 4.37. The van der Waals surface area contributed by atoms with E-state index in [-0.39, 0.29) is 0 Å². The van der Waals surface area contributed by atoms with Crippen LogP contribution in [0.25, 0.3) is 0 Å². The van der Waals surface area contributed by atoms with Crippen LogP contribution in [0.2, 0.25) is 0 Å². The highest BCUT2D eigenvalue weighted by atomic mass is 14.9. The lowest BCUT2D eigenvalue weighted by Gasteiger charge is -2.39. The molecule has 1 aliphatic rings. The fourth-order valence-corrected chi connectivity index (χ4v) is 3.75. The monoisotopic (exact) mass is 225 g/mol. The summed E-state index contributed by atoms with van der Waals surface area (Å²) in [6, 6.07) is 0.761. The maximum Gasteiger partial charge on any atom is 0.0121 e. The van der Waals surface area contributed by atoms with Gasteiger partial charge in [0.05, 0.1) is 0 Å². The zero-order chi connectivity index (χ0) is 12.0. The lowest BCUT2D eigenvalue weighted by Crippen LogP contribution is -2.43. The van der Waals surface area contributed by atoms with Crippen molar-refractivity contribution in [1.82, 2.24) is 5.32 Å². The maximum atomic E-state index is 3.62. The number of hydrogen-bond acceptors (Lipinski definition) is 1. The third-order valence-electron chi connectivity index (χ3n) is 4.35. The van der Waals surface area contributed by atoms with Crippen molar-refractivity contribution in [3.8, 4) is 0 Å². The summed E-state index contributed by atoms with van der Waals surface area (Å²) in [5.41, 5.74) is 0.623. The summed E-state index contributed by atoms with van der Waals surface area (Å²) in [4.78, 5) is 0. The summed E-state index contributed by atoms with van der Waals surface area (Å²) >= 11 is 0. The van der Waals surface area contributed by atoms with Crippen LogP contribution >= 0.6 is 0 Å². The Morgan fingerprint density at radius 2 is 1.81 bits per heavy atom. The zero-order valence-corrected chi connectivity index (χ0v) is 11.8. The second-order valence-electron chi connectivity index (χ2n) is 6.15. The van der Waals surface area contributed by atoms with Crippen molar-refractivity contribution in [2.24, 2.45) is 11.3 Å².